The molecule has 1 aliphatic rings. The van der Waals surface area contributed by atoms with Crippen molar-refractivity contribution in [3.63, 3.8) is 0 Å². The third-order valence-corrected chi connectivity index (χ3v) is 5.04. The lowest BCUT2D eigenvalue weighted by molar-refractivity contribution is -0.140. The molecule has 1 aliphatic heterocycles. The van der Waals surface area contributed by atoms with E-state index >= 15 is 0 Å². The molecule has 2 heterocycles. The van der Waals surface area contributed by atoms with E-state index in [1.165, 1.54) is 13.2 Å². The van der Waals surface area contributed by atoms with Crippen LogP contribution in [0.25, 0.3) is 17.4 Å². The minimum atomic E-state index is -1.15. The number of carboxylic acid groups (broad SMARTS) is 1. The van der Waals surface area contributed by atoms with Gasteiger partial charge in [-0.3, -0.25) is 14.5 Å². The normalized spacial score (nSPS) is 15.4. The summed E-state index contributed by atoms with van der Waals surface area (Å²) in [6.07, 6.45) is 1.49. The highest BCUT2D eigenvalue weighted by molar-refractivity contribution is 8.26. The summed E-state index contributed by atoms with van der Waals surface area (Å²) >= 11 is 6.06. The maximum absolute atomic E-state index is 12.3. The monoisotopic (exact) mass is 403 g/mol. The Balaban J connectivity index is 1.89. The summed E-state index contributed by atoms with van der Waals surface area (Å²) in [5, 5.41) is 8.87. The molecule has 1 N–H and O–H groups in total. The molecule has 0 atom stereocenters. The van der Waals surface area contributed by atoms with Gasteiger partial charge in [-0.2, -0.15) is 0 Å². The molecule has 3 rings (SSSR count). The minimum Gasteiger partial charge on any atom is -0.480 e. The fourth-order valence-corrected chi connectivity index (χ4v) is 3.70. The van der Waals surface area contributed by atoms with Crippen molar-refractivity contribution in [2.75, 3.05) is 13.7 Å². The molecule has 7 nitrogen and oxygen atoms in total. The second-order valence-corrected chi connectivity index (χ2v) is 7.08. The van der Waals surface area contributed by atoms with E-state index in [1.807, 2.05) is 0 Å². The molecule has 1 amide bonds. The number of aliphatic carboxylic acids is 1. The van der Waals surface area contributed by atoms with Gasteiger partial charge in [0.2, 0.25) is 0 Å². The van der Waals surface area contributed by atoms with Crippen LogP contribution in [0.5, 0.6) is 0 Å². The first-order chi connectivity index (χ1) is 12.9. The molecule has 138 valence electrons. The van der Waals surface area contributed by atoms with Gasteiger partial charge in [0.05, 0.1) is 17.6 Å². The molecule has 1 aromatic carbocycles. The van der Waals surface area contributed by atoms with E-state index in [-0.39, 0.29) is 9.23 Å². The predicted octanol–water partition coefficient (Wildman–Crippen LogP) is 3.02. The number of amides is 1. The van der Waals surface area contributed by atoms with Crippen molar-refractivity contribution in [3.05, 3.63) is 52.6 Å². The van der Waals surface area contributed by atoms with Crippen molar-refractivity contribution in [2.45, 2.75) is 0 Å². The van der Waals surface area contributed by atoms with Crippen LogP contribution in [0.4, 0.5) is 0 Å². The van der Waals surface area contributed by atoms with E-state index in [2.05, 4.69) is 0 Å². The Kier molecular flexibility index (Phi) is 5.43. The number of hydrogen-bond acceptors (Lipinski definition) is 7. The Labute approximate surface area is 163 Å². The van der Waals surface area contributed by atoms with E-state index < -0.39 is 24.4 Å². The number of thiocarbonyl (C=S) groups is 1. The van der Waals surface area contributed by atoms with Gasteiger partial charge >= 0.3 is 11.9 Å². The largest absolute Gasteiger partial charge is 0.480 e. The van der Waals surface area contributed by atoms with Crippen molar-refractivity contribution in [1.29, 1.82) is 0 Å². The van der Waals surface area contributed by atoms with Crippen LogP contribution in [0.3, 0.4) is 0 Å². The van der Waals surface area contributed by atoms with E-state index in [1.54, 1.807) is 36.4 Å². The average molecular weight is 403 g/mol. The number of nitrogens with zero attached hydrogens (tertiary/aromatic N) is 1. The molecule has 0 unspecified atom stereocenters. The summed E-state index contributed by atoms with van der Waals surface area (Å²) in [6.45, 7) is -0.488. The van der Waals surface area contributed by atoms with Crippen LogP contribution in [0.15, 0.2) is 45.7 Å². The fourth-order valence-electron chi connectivity index (χ4n) is 2.46. The third-order valence-electron chi connectivity index (χ3n) is 3.66. The first kappa shape index (κ1) is 18.9. The van der Waals surface area contributed by atoms with Gasteiger partial charge in [0.1, 0.15) is 22.4 Å². The standard InChI is InChI=1S/C18H13NO6S2/c1-24-17(23)12-5-3-2-4-11(12)13-7-6-10(25-13)8-14-16(22)19(9-15(20)21)18(26)27-14/h2-8H,9H2,1H3,(H,20,21). The fraction of sp³-hybridized carbons (Fsp3) is 0.111. The molecule has 0 aliphatic carbocycles. The maximum atomic E-state index is 12.3. The van der Waals surface area contributed by atoms with E-state index in [9.17, 15) is 14.4 Å². The molecule has 1 saturated heterocycles. The van der Waals surface area contributed by atoms with Gasteiger partial charge < -0.3 is 14.3 Å². The zero-order valence-corrected chi connectivity index (χ0v) is 15.6. The first-order valence-electron chi connectivity index (χ1n) is 7.65. The van der Waals surface area contributed by atoms with Crippen LogP contribution in [0.1, 0.15) is 16.1 Å². The second-order valence-electron chi connectivity index (χ2n) is 5.40. The van der Waals surface area contributed by atoms with Crippen LogP contribution in [0, 0.1) is 0 Å². The second kappa shape index (κ2) is 7.77. The van der Waals surface area contributed by atoms with Crippen LogP contribution in [-0.4, -0.2) is 45.8 Å². The number of rotatable bonds is 5. The van der Waals surface area contributed by atoms with Crippen LogP contribution >= 0.6 is 24.0 Å². The Bertz CT molecular complexity index is 978. The van der Waals surface area contributed by atoms with Crippen LogP contribution in [0.2, 0.25) is 0 Å². The van der Waals surface area contributed by atoms with Gasteiger partial charge in [0, 0.05) is 11.6 Å². The molecule has 0 spiro atoms. The number of ether oxygens (including phenoxy) is 1. The Morgan fingerprint density at radius 2 is 2.04 bits per heavy atom. The number of benzene rings is 1. The number of thioether (sulfide) groups is 1. The quantitative estimate of drug-likeness (QED) is 0.462. The van der Waals surface area contributed by atoms with Gasteiger partial charge in [-0.05, 0) is 18.2 Å². The number of furan rings is 1. The maximum Gasteiger partial charge on any atom is 0.338 e. The SMILES string of the molecule is COC(=O)c1ccccc1-c1ccc(C=C2SC(=S)N(CC(=O)O)C2=O)o1. The van der Waals surface area contributed by atoms with E-state index in [4.69, 9.17) is 26.5 Å². The zero-order chi connectivity index (χ0) is 19.6. The Morgan fingerprint density at radius 3 is 2.74 bits per heavy atom. The van der Waals surface area contributed by atoms with Gasteiger partial charge in [0.25, 0.3) is 5.91 Å². The molecule has 9 heteroatoms. The minimum absolute atomic E-state index is 0.177. The number of hydrogen-bond donors (Lipinski definition) is 1. The summed E-state index contributed by atoms with van der Waals surface area (Å²) in [7, 11) is 1.30. The van der Waals surface area contributed by atoms with Crippen LogP contribution in [-0.2, 0) is 14.3 Å². The summed E-state index contributed by atoms with van der Waals surface area (Å²) in [5.41, 5.74) is 0.913. The van der Waals surface area contributed by atoms with E-state index in [0.29, 0.717) is 22.6 Å². The molecule has 0 bridgehead atoms. The topological polar surface area (TPSA) is 97.0 Å². The molecule has 1 fully saturated rings. The summed E-state index contributed by atoms with van der Waals surface area (Å²) in [6, 6.07) is 10.1. The molecule has 0 radical (unpaired) electrons. The van der Waals surface area contributed by atoms with E-state index in [0.717, 1.165) is 16.7 Å². The lowest BCUT2D eigenvalue weighted by Gasteiger charge is -2.09. The van der Waals surface area contributed by atoms with Crippen molar-refractivity contribution >= 4 is 52.2 Å². The highest BCUT2D eigenvalue weighted by Gasteiger charge is 2.33. The van der Waals surface area contributed by atoms with Gasteiger partial charge in [0.15, 0.2) is 0 Å². The molecule has 1 aromatic heterocycles. The first-order valence-corrected chi connectivity index (χ1v) is 8.88. The molecule has 0 saturated carbocycles. The third kappa shape index (κ3) is 3.93. The highest BCUT2D eigenvalue weighted by Crippen LogP contribution is 2.34. The Morgan fingerprint density at radius 1 is 1.30 bits per heavy atom. The van der Waals surface area contributed by atoms with Gasteiger partial charge in [-0.15, -0.1) is 0 Å². The highest BCUT2D eigenvalue weighted by atomic mass is 32.2. The molecular weight excluding hydrogens is 390 g/mol. The number of carbonyl (C=O) groups excluding carboxylic acids is 2. The lowest BCUT2D eigenvalue weighted by Crippen LogP contribution is -2.33. The smallest absolute Gasteiger partial charge is 0.338 e. The number of esters is 1. The summed E-state index contributed by atoms with van der Waals surface area (Å²) < 4.78 is 10.7. The average Bonchev–Trinajstić information content (AvgIpc) is 3.21. The van der Waals surface area contributed by atoms with Crippen molar-refractivity contribution < 1.29 is 28.6 Å². The zero-order valence-electron chi connectivity index (χ0n) is 14.0. The summed E-state index contributed by atoms with van der Waals surface area (Å²) in [4.78, 5) is 36.3. The lowest BCUT2D eigenvalue weighted by atomic mass is 10.1. The van der Waals surface area contributed by atoms with Crippen LogP contribution < -0.4 is 0 Å². The summed E-state index contributed by atoms with van der Waals surface area (Å²) in [5.74, 6) is -1.31. The molecule has 2 aromatic rings. The van der Waals surface area contributed by atoms with Crippen molar-refractivity contribution in [2.24, 2.45) is 0 Å². The van der Waals surface area contributed by atoms with Gasteiger partial charge in [-0.1, -0.05) is 42.2 Å². The number of carboxylic acids is 1. The van der Waals surface area contributed by atoms with Crippen molar-refractivity contribution in [3.8, 4) is 11.3 Å². The van der Waals surface area contributed by atoms with Gasteiger partial charge in [-0.25, -0.2) is 4.79 Å². The molecule has 27 heavy (non-hydrogen) atoms. The number of carbonyl (C=O) groups is 3. The predicted molar refractivity (Wildman–Crippen MR) is 103 cm³/mol. The molecular formula is C18H13NO6S2. The number of methoxy groups -OCH3 is 1. The Hall–Kier alpha value is -2.91. The van der Waals surface area contributed by atoms with Crippen molar-refractivity contribution in [1.82, 2.24) is 4.90 Å².